The molecule has 21 heavy (non-hydrogen) atoms. The van der Waals surface area contributed by atoms with Gasteiger partial charge in [0.2, 0.25) is 0 Å². The summed E-state index contributed by atoms with van der Waals surface area (Å²) in [6, 6.07) is 0. The van der Waals surface area contributed by atoms with E-state index in [9.17, 15) is 4.79 Å². The first-order valence-electron chi connectivity index (χ1n) is 8.71. The molecule has 3 heteroatoms. The molecule has 0 fully saturated rings. The maximum Gasteiger partial charge on any atom is 0.330 e. The Morgan fingerprint density at radius 3 is 1.52 bits per heavy atom. The van der Waals surface area contributed by atoms with E-state index < -0.39 is 0 Å². The number of rotatable bonds is 16. The first-order chi connectivity index (χ1) is 10.3. The average molecular weight is 298 g/mol. The Morgan fingerprint density at radius 2 is 1.14 bits per heavy atom. The van der Waals surface area contributed by atoms with Crippen LogP contribution in [0.3, 0.4) is 0 Å². The van der Waals surface area contributed by atoms with E-state index in [2.05, 4.69) is 6.58 Å². The van der Waals surface area contributed by atoms with Crippen LogP contribution in [0.5, 0.6) is 0 Å². The van der Waals surface area contributed by atoms with Crippen LogP contribution < -0.4 is 0 Å². The van der Waals surface area contributed by atoms with Crippen molar-refractivity contribution in [3.8, 4) is 0 Å². The molecule has 0 amide bonds. The number of unbranched alkanes of at least 4 members (excludes halogenated alkanes) is 12. The van der Waals surface area contributed by atoms with Crippen molar-refractivity contribution in [2.45, 2.75) is 83.5 Å². The molecule has 0 aliphatic carbocycles. The normalized spacial score (nSPS) is 10.5. The molecule has 0 aromatic rings. The predicted octanol–water partition coefficient (Wildman–Crippen LogP) is 4.78. The zero-order valence-corrected chi connectivity index (χ0v) is 13.7. The van der Waals surface area contributed by atoms with Gasteiger partial charge in [-0.3, -0.25) is 0 Å². The van der Waals surface area contributed by atoms with Gasteiger partial charge in [0.05, 0.1) is 6.61 Å². The fourth-order valence-corrected chi connectivity index (χ4v) is 2.39. The van der Waals surface area contributed by atoms with Crippen LogP contribution in [0.15, 0.2) is 12.7 Å². The van der Waals surface area contributed by atoms with Gasteiger partial charge in [0, 0.05) is 12.7 Å². The molecule has 1 N–H and O–H groups in total. The summed E-state index contributed by atoms with van der Waals surface area (Å²) in [4.78, 5) is 10.8. The quantitative estimate of drug-likeness (QED) is 0.253. The van der Waals surface area contributed by atoms with Gasteiger partial charge < -0.3 is 9.84 Å². The van der Waals surface area contributed by atoms with E-state index in [1.54, 1.807) is 0 Å². The van der Waals surface area contributed by atoms with E-state index in [-0.39, 0.29) is 5.97 Å². The van der Waals surface area contributed by atoms with Gasteiger partial charge in [0.25, 0.3) is 0 Å². The second-order valence-corrected chi connectivity index (χ2v) is 5.69. The summed E-state index contributed by atoms with van der Waals surface area (Å²) in [5.74, 6) is -0.314. The molecular weight excluding hydrogens is 264 g/mol. The molecule has 0 aromatic heterocycles. The average Bonchev–Trinajstić information content (AvgIpc) is 2.50. The Balaban J connectivity index is 2.99. The van der Waals surface area contributed by atoms with E-state index >= 15 is 0 Å². The van der Waals surface area contributed by atoms with Crippen LogP contribution in [0.25, 0.3) is 0 Å². The van der Waals surface area contributed by atoms with Crippen molar-refractivity contribution in [2.75, 3.05) is 13.2 Å². The number of aliphatic hydroxyl groups is 1. The molecule has 0 unspecified atom stereocenters. The molecule has 0 spiro atoms. The maximum atomic E-state index is 10.8. The van der Waals surface area contributed by atoms with E-state index in [1.165, 1.54) is 70.3 Å². The molecule has 0 radical (unpaired) electrons. The fourth-order valence-electron chi connectivity index (χ4n) is 2.39. The number of carbonyl (C=O) groups is 1. The Hall–Kier alpha value is -0.830. The number of hydrogen-bond acceptors (Lipinski definition) is 3. The van der Waals surface area contributed by atoms with Gasteiger partial charge in [0.15, 0.2) is 0 Å². The number of hydrogen-bond donors (Lipinski definition) is 1. The zero-order valence-electron chi connectivity index (χ0n) is 13.7. The largest absolute Gasteiger partial charge is 0.463 e. The van der Waals surface area contributed by atoms with E-state index in [0.29, 0.717) is 13.2 Å². The summed E-state index contributed by atoms with van der Waals surface area (Å²) in [6.45, 7) is 4.24. The monoisotopic (exact) mass is 298 g/mol. The highest BCUT2D eigenvalue weighted by molar-refractivity contribution is 5.81. The van der Waals surface area contributed by atoms with Crippen LogP contribution in [-0.4, -0.2) is 24.3 Å². The molecule has 0 aliphatic heterocycles. The van der Waals surface area contributed by atoms with Crippen LogP contribution in [0.1, 0.15) is 83.5 Å². The lowest BCUT2D eigenvalue weighted by Gasteiger charge is -2.03. The van der Waals surface area contributed by atoms with Gasteiger partial charge in [-0.15, -0.1) is 0 Å². The molecule has 0 atom stereocenters. The van der Waals surface area contributed by atoms with E-state index in [4.69, 9.17) is 9.84 Å². The molecule has 0 saturated heterocycles. The van der Waals surface area contributed by atoms with Gasteiger partial charge in [-0.05, 0) is 12.8 Å². The van der Waals surface area contributed by atoms with Crippen LogP contribution in [-0.2, 0) is 9.53 Å². The lowest BCUT2D eigenvalue weighted by Crippen LogP contribution is -2.01. The van der Waals surface area contributed by atoms with Crippen molar-refractivity contribution in [3.05, 3.63) is 12.7 Å². The van der Waals surface area contributed by atoms with Gasteiger partial charge in [-0.2, -0.15) is 0 Å². The minimum Gasteiger partial charge on any atom is -0.463 e. The van der Waals surface area contributed by atoms with Crippen molar-refractivity contribution in [2.24, 2.45) is 0 Å². The molecule has 3 nitrogen and oxygen atoms in total. The summed E-state index contributed by atoms with van der Waals surface area (Å²) in [7, 11) is 0. The maximum absolute atomic E-state index is 10.8. The number of esters is 1. The standard InChI is InChI=1S/C18H34O3/c1-2-18(20)21-17-15-13-11-9-7-5-3-4-6-8-10-12-14-16-19/h2,19H,1,3-17H2. The van der Waals surface area contributed by atoms with Crippen molar-refractivity contribution in [1.29, 1.82) is 0 Å². The van der Waals surface area contributed by atoms with Crippen molar-refractivity contribution >= 4 is 5.97 Å². The third kappa shape index (κ3) is 17.1. The fraction of sp³-hybridized carbons (Fsp3) is 0.833. The number of carbonyl (C=O) groups excluding carboxylic acids is 1. The Kier molecular flexibility index (Phi) is 16.5. The van der Waals surface area contributed by atoms with Crippen molar-refractivity contribution in [1.82, 2.24) is 0 Å². The Labute approximate surface area is 130 Å². The molecule has 124 valence electrons. The molecule has 0 rings (SSSR count). The first kappa shape index (κ1) is 20.2. The van der Waals surface area contributed by atoms with Crippen LogP contribution in [0.4, 0.5) is 0 Å². The topological polar surface area (TPSA) is 46.5 Å². The van der Waals surface area contributed by atoms with E-state index in [0.717, 1.165) is 19.3 Å². The minimum atomic E-state index is -0.314. The van der Waals surface area contributed by atoms with E-state index in [1.807, 2.05) is 0 Å². The van der Waals surface area contributed by atoms with Gasteiger partial charge >= 0.3 is 5.97 Å². The molecule has 0 bridgehead atoms. The van der Waals surface area contributed by atoms with Crippen molar-refractivity contribution < 1.29 is 14.6 Å². The summed E-state index contributed by atoms with van der Waals surface area (Å²) in [5.41, 5.74) is 0. The highest BCUT2D eigenvalue weighted by Gasteiger charge is 1.96. The lowest BCUT2D eigenvalue weighted by molar-refractivity contribution is -0.137. The number of aliphatic hydroxyl groups excluding tert-OH is 1. The molecule has 0 aromatic carbocycles. The van der Waals surface area contributed by atoms with Gasteiger partial charge in [0.1, 0.15) is 0 Å². The summed E-state index contributed by atoms with van der Waals surface area (Å²) >= 11 is 0. The lowest BCUT2D eigenvalue weighted by atomic mass is 10.0. The third-order valence-corrected chi connectivity index (χ3v) is 3.71. The SMILES string of the molecule is C=CC(=O)OCCCCCCCCCCCCCCCO. The first-order valence-corrected chi connectivity index (χ1v) is 8.71. The summed E-state index contributed by atoms with van der Waals surface area (Å²) < 4.78 is 4.93. The van der Waals surface area contributed by atoms with Crippen LogP contribution >= 0.6 is 0 Å². The zero-order chi connectivity index (χ0) is 15.6. The van der Waals surface area contributed by atoms with Crippen molar-refractivity contribution in [3.63, 3.8) is 0 Å². The Bertz CT molecular complexity index is 239. The van der Waals surface area contributed by atoms with Crippen LogP contribution in [0, 0.1) is 0 Å². The predicted molar refractivity (Wildman–Crippen MR) is 88.3 cm³/mol. The smallest absolute Gasteiger partial charge is 0.330 e. The number of ether oxygens (including phenoxy) is 1. The molecule has 0 aliphatic rings. The Morgan fingerprint density at radius 1 is 0.762 bits per heavy atom. The summed E-state index contributed by atoms with van der Waals surface area (Å²) in [6.07, 6.45) is 17.4. The second kappa shape index (κ2) is 17.2. The van der Waals surface area contributed by atoms with Gasteiger partial charge in [-0.1, -0.05) is 77.2 Å². The molecule has 0 saturated carbocycles. The highest BCUT2D eigenvalue weighted by Crippen LogP contribution is 2.12. The third-order valence-electron chi connectivity index (χ3n) is 3.71. The van der Waals surface area contributed by atoms with Crippen LogP contribution in [0.2, 0.25) is 0 Å². The minimum absolute atomic E-state index is 0.314. The molecule has 0 heterocycles. The highest BCUT2D eigenvalue weighted by atomic mass is 16.5. The second-order valence-electron chi connectivity index (χ2n) is 5.69. The molecular formula is C18H34O3. The van der Waals surface area contributed by atoms with Gasteiger partial charge in [-0.25, -0.2) is 4.79 Å². The summed E-state index contributed by atoms with van der Waals surface area (Å²) in [5, 5.41) is 8.67.